The Kier molecular flexibility index (Phi) is 5.54. The standard InChI is InChI=1S/C19H24N2O3/c1-23-18-9-8-14-5-2-3-7-16(14)17(18)13-20-19(22)21-15-6-4-11-24-12-10-15/h2-3,5,7-9,15H,4,6,10-13H2,1H3,(H2,20,21,22). The van der Waals surface area contributed by atoms with E-state index in [9.17, 15) is 4.79 Å². The summed E-state index contributed by atoms with van der Waals surface area (Å²) in [6, 6.07) is 12.1. The number of carbonyl (C=O) groups excluding carboxylic acids is 1. The number of ether oxygens (including phenoxy) is 2. The van der Waals surface area contributed by atoms with E-state index in [-0.39, 0.29) is 12.1 Å². The maximum Gasteiger partial charge on any atom is 0.315 e. The smallest absolute Gasteiger partial charge is 0.315 e. The quantitative estimate of drug-likeness (QED) is 0.906. The highest BCUT2D eigenvalue weighted by Gasteiger charge is 2.15. The summed E-state index contributed by atoms with van der Waals surface area (Å²) in [4.78, 5) is 12.2. The van der Waals surface area contributed by atoms with Crippen LogP contribution in [0.4, 0.5) is 4.79 Å². The number of carbonyl (C=O) groups is 1. The molecule has 1 aliphatic rings. The Bertz CT molecular complexity index is 694. The van der Waals surface area contributed by atoms with Crippen molar-refractivity contribution in [3.8, 4) is 5.75 Å². The largest absolute Gasteiger partial charge is 0.496 e. The summed E-state index contributed by atoms with van der Waals surface area (Å²) in [6.45, 7) is 1.93. The van der Waals surface area contributed by atoms with Crippen molar-refractivity contribution in [3.63, 3.8) is 0 Å². The van der Waals surface area contributed by atoms with Crippen LogP contribution in [-0.2, 0) is 11.3 Å². The van der Waals surface area contributed by atoms with Crippen LogP contribution in [0.1, 0.15) is 24.8 Å². The summed E-state index contributed by atoms with van der Waals surface area (Å²) in [5.41, 5.74) is 0.995. The maximum atomic E-state index is 12.2. The van der Waals surface area contributed by atoms with Crippen molar-refractivity contribution in [2.24, 2.45) is 0 Å². The summed E-state index contributed by atoms with van der Waals surface area (Å²) < 4.78 is 10.9. The molecule has 1 heterocycles. The molecule has 1 fully saturated rings. The van der Waals surface area contributed by atoms with Crippen molar-refractivity contribution < 1.29 is 14.3 Å². The van der Waals surface area contributed by atoms with Crippen LogP contribution in [0.5, 0.6) is 5.75 Å². The van der Waals surface area contributed by atoms with Gasteiger partial charge in [-0.25, -0.2) is 4.79 Å². The predicted octanol–water partition coefficient (Wildman–Crippen LogP) is 3.22. The SMILES string of the molecule is COc1ccc2ccccc2c1CNC(=O)NC1CCCOCC1. The van der Waals surface area contributed by atoms with Crippen LogP contribution in [0.25, 0.3) is 10.8 Å². The zero-order chi connectivity index (χ0) is 16.8. The van der Waals surface area contributed by atoms with E-state index in [1.807, 2.05) is 24.3 Å². The Morgan fingerprint density at radius 3 is 2.96 bits per heavy atom. The van der Waals surface area contributed by atoms with E-state index in [1.54, 1.807) is 7.11 Å². The number of nitrogens with one attached hydrogen (secondary N) is 2. The van der Waals surface area contributed by atoms with Crippen LogP contribution in [0.3, 0.4) is 0 Å². The molecule has 1 saturated heterocycles. The predicted molar refractivity (Wildman–Crippen MR) is 94.3 cm³/mol. The van der Waals surface area contributed by atoms with Crippen molar-refractivity contribution >= 4 is 16.8 Å². The highest BCUT2D eigenvalue weighted by molar-refractivity contribution is 5.88. The van der Waals surface area contributed by atoms with Crippen LogP contribution in [-0.4, -0.2) is 32.4 Å². The van der Waals surface area contributed by atoms with Crippen LogP contribution in [0.2, 0.25) is 0 Å². The topological polar surface area (TPSA) is 59.6 Å². The highest BCUT2D eigenvalue weighted by Crippen LogP contribution is 2.27. The summed E-state index contributed by atoms with van der Waals surface area (Å²) in [5.74, 6) is 0.789. The van der Waals surface area contributed by atoms with Gasteiger partial charge < -0.3 is 20.1 Å². The lowest BCUT2D eigenvalue weighted by Gasteiger charge is -2.17. The number of methoxy groups -OCH3 is 1. The Morgan fingerprint density at radius 2 is 2.08 bits per heavy atom. The number of rotatable bonds is 4. The van der Waals surface area contributed by atoms with Crippen molar-refractivity contribution in [1.82, 2.24) is 10.6 Å². The molecule has 24 heavy (non-hydrogen) atoms. The zero-order valence-corrected chi connectivity index (χ0v) is 14.0. The molecule has 1 unspecified atom stereocenters. The third kappa shape index (κ3) is 3.97. The summed E-state index contributed by atoms with van der Waals surface area (Å²) in [7, 11) is 1.65. The fourth-order valence-electron chi connectivity index (χ4n) is 3.14. The monoisotopic (exact) mass is 328 g/mol. The zero-order valence-electron chi connectivity index (χ0n) is 14.0. The minimum absolute atomic E-state index is 0.142. The molecule has 1 aliphatic heterocycles. The minimum Gasteiger partial charge on any atom is -0.496 e. The van der Waals surface area contributed by atoms with Crippen LogP contribution in [0, 0.1) is 0 Å². The number of amides is 2. The van der Waals surface area contributed by atoms with E-state index >= 15 is 0 Å². The first-order chi connectivity index (χ1) is 11.8. The molecule has 0 saturated carbocycles. The first-order valence-corrected chi connectivity index (χ1v) is 8.44. The van der Waals surface area contributed by atoms with Gasteiger partial charge in [-0.05, 0) is 36.1 Å². The van der Waals surface area contributed by atoms with Crippen molar-refractivity contribution in [1.29, 1.82) is 0 Å². The second-order valence-electron chi connectivity index (χ2n) is 6.03. The summed E-state index contributed by atoms with van der Waals surface area (Å²) in [5, 5.41) is 8.24. The van der Waals surface area contributed by atoms with E-state index in [1.165, 1.54) is 0 Å². The molecule has 5 nitrogen and oxygen atoms in total. The van der Waals surface area contributed by atoms with Gasteiger partial charge in [0.25, 0.3) is 0 Å². The van der Waals surface area contributed by atoms with E-state index in [2.05, 4.69) is 22.8 Å². The average molecular weight is 328 g/mol. The van der Waals surface area contributed by atoms with Gasteiger partial charge in [0.05, 0.1) is 7.11 Å². The van der Waals surface area contributed by atoms with Gasteiger partial charge in [0.2, 0.25) is 0 Å². The molecular formula is C19H24N2O3. The van der Waals surface area contributed by atoms with Gasteiger partial charge in [-0.1, -0.05) is 30.3 Å². The Balaban J connectivity index is 1.67. The first-order valence-electron chi connectivity index (χ1n) is 8.44. The second-order valence-corrected chi connectivity index (χ2v) is 6.03. The molecule has 0 spiro atoms. The second kappa shape index (κ2) is 8.02. The van der Waals surface area contributed by atoms with Gasteiger partial charge in [-0.2, -0.15) is 0 Å². The molecule has 0 aliphatic carbocycles. The molecule has 0 radical (unpaired) electrons. The van der Waals surface area contributed by atoms with Gasteiger partial charge >= 0.3 is 6.03 Å². The molecule has 5 heteroatoms. The Labute approximate surface area is 142 Å². The number of urea groups is 1. The Hall–Kier alpha value is -2.27. The van der Waals surface area contributed by atoms with E-state index in [4.69, 9.17) is 9.47 Å². The molecule has 0 aromatic heterocycles. The van der Waals surface area contributed by atoms with Crippen molar-refractivity contribution in [3.05, 3.63) is 42.0 Å². The van der Waals surface area contributed by atoms with Crippen LogP contribution in [0.15, 0.2) is 36.4 Å². The molecule has 2 aromatic carbocycles. The minimum atomic E-state index is -0.142. The number of fused-ring (bicyclic) bond motifs is 1. The normalized spacial score (nSPS) is 18.0. The van der Waals surface area contributed by atoms with Gasteiger partial charge in [-0.15, -0.1) is 0 Å². The van der Waals surface area contributed by atoms with Crippen molar-refractivity contribution in [2.45, 2.75) is 31.8 Å². The fraction of sp³-hybridized carbons (Fsp3) is 0.421. The summed E-state index contributed by atoms with van der Waals surface area (Å²) in [6.07, 6.45) is 2.82. The lowest BCUT2D eigenvalue weighted by atomic mass is 10.0. The van der Waals surface area contributed by atoms with E-state index in [0.29, 0.717) is 13.2 Å². The van der Waals surface area contributed by atoms with E-state index < -0.39 is 0 Å². The van der Waals surface area contributed by atoms with Gasteiger partial charge in [0.1, 0.15) is 5.75 Å². The lowest BCUT2D eigenvalue weighted by Crippen LogP contribution is -2.42. The van der Waals surface area contributed by atoms with E-state index in [0.717, 1.165) is 48.0 Å². The van der Waals surface area contributed by atoms with Gasteiger partial charge in [-0.3, -0.25) is 0 Å². The third-order valence-electron chi connectivity index (χ3n) is 4.43. The molecule has 2 N–H and O–H groups in total. The molecule has 1 atom stereocenters. The van der Waals surface area contributed by atoms with Gasteiger partial charge in [0, 0.05) is 31.4 Å². The fourth-order valence-corrected chi connectivity index (χ4v) is 3.14. The molecule has 2 amide bonds. The average Bonchev–Trinajstić information content (AvgIpc) is 2.88. The third-order valence-corrected chi connectivity index (χ3v) is 4.43. The number of hydrogen-bond acceptors (Lipinski definition) is 3. The molecule has 3 rings (SSSR count). The molecule has 0 bridgehead atoms. The molecule has 2 aromatic rings. The summed E-state index contributed by atoms with van der Waals surface area (Å²) >= 11 is 0. The maximum absolute atomic E-state index is 12.2. The highest BCUT2D eigenvalue weighted by atomic mass is 16.5. The molecular weight excluding hydrogens is 304 g/mol. The Morgan fingerprint density at radius 1 is 1.21 bits per heavy atom. The molecule has 128 valence electrons. The number of hydrogen-bond donors (Lipinski definition) is 2. The first kappa shape index (κ1) is 16.6. The lowest BCUT2D eigenvalue weighted by molar-refractivity contribution is 0.143. The van der Waals surface area contributed by atoms with Crippen LogP contribution < -0.4 is 15.4 Å². The van der Waals surface area contributed by atoms with Gasteiger partial charge in [0.15, 0.2) is 0 Å². The number of benzene rings is 2. The van der Waals surface area contributed by atoms with Crippen LogP contribution >= 0.6 is 0 Å². The van der Waals surface area contributed by atoms with Crippen molar-refractivity contribution in [2.75, 3.05) is 20.3 Å².